The number of nitrogens with zero attached hydrogens (tertiary/aromatic N) is 3. The van der Waals surface area contributed by atoms with Crippen LogP contribution in [0.4, 0.5) is 4.79 Å². The monoisotopic (exact) mass is 454 g/mol. The number of pyridine rings is 1. The average Bonchev–Trinajstić information content (AvgIpc) is 3.22. The Kier molecular flexibility index (Phi) is 7.11. The number of rotatable bonds is 7. The molecule has 1 atom stereocenters. The minimum Gasteiger partial charge on any atom is -0.508 e. The second-order valence-electron chi connectivity index (χ2n) is 8.22. The number of hydrogen-bond donors (Lipinski definition) is 5. The van der Waals surface area contributed by atoms with Crippen molar-refractivity contribution in [3.8, 4) is 22.9 Å². The molecule has 0 saturated carbocycles. The quantitative estimate of drug-likeness (QED) is 0.364. The molecule has 174 valence electrons. The number of benzene rings is 1. The summed E-state index contributed by atoms with van der Waals surface area (Å²) in [4.78, 5) is 33.2. The van der Waals surface area contributed by atoms with Crippen LogP contribution < -0.4 is 10.6 Å². The molecule has 0 aliphatic carbocycles. The van der Waals surface area contributed by atoms with Crippen LogP contribution in [0.2, 0.25) is 0 Å². The topological polar surface area (TPSA) is 162 Å². The zero-order valence-electron chi connectivity index (χ0n) is 18.5. The number of aromatic amines is 1. The smallest absolute Gasteiger partial charge is 0.407 e. The summed E-state index contributed by atoms with van der Waals surface area (Å²) in [6.07, 6.45) is 2.90. The first kappa shape index (κ1) is 23.5. The van der Waals surface area contributed by atoms with E-state index < -0.39 is 23.6 Å². The zero-order valence-corrected chi connectivity index (χ0v) is 18.5. The molecular formula is C22H26N6O5. The van der Waals surface area contributed by atoms with Crippen LogP contribution in [0.3, 0.4) is 0 Å². The molecule has 33 heavy (non-hydrogen) atoms. The number of hydrogen-bond acceptors (Lipinski definition) is 8. The lowest BCUT2D eigenvalue weighted by Crippen LogP contribution is -2.36. The van der Waals surface area contributed by atoms with Gasteiger partial charge in [-0.1, -0.05) is 0 Å². The minimum atomic E-state index is -0.677. The van der Waals surface area contributed by atoms with E-state index in [-0.39, 0.29) is 30.0 Å². The SMILES string of the molecule is CC(C)(C)OC(=O)NCCC(NC(=O)c1ccc(O)cc1O)c1nc(-c2ccncc2)n[nH]1. The lowest BCUT2D eigenvalue weighted by atomic mass is 10.1. The first-order valence-electron chi connectivity index (χ1n) is 10.2. The third kappa shape index (κ3) is 6.66. The van der Waals surface area contributed by atoms with E-state index in [0.29, 0.717) is 11.6 Å². The van der Waals surface area contributed by atoms with Crippen molar-refractivity contribution in [3.63, 3.8) is 0 Å². The van der Waals surface area contributed by atoms with E-state index in [0.717, 1.165) is 11.6 Å². The van der Waals surface area contributed by atoms with Gasteiger partial charge in [0.1, 0.15) is 22.9 Å². The molecule has 11 nitrogen and oxygen atoms in total. The van der Waals surface area contributed by atoms with Crippen LogP contribution in [0, 0.1) is 0 Å². The second-order valence-corrected chi connectivity index (χ2v) is 8.22. The fourth-order valence-electron chi connectivity index (χ4n) is 2.92. The molecule has 0 radical (unpaired) electrons. The number of ether oxygens (including phenoxy) is 1. The number of phenolic OH excluding ortho intramolecular Hbond substituents is 2. The molecule has 0 saturated heterocycles. The predicted molar refractivity (Wildman–Crippen MR) is 118 cm³/mol. The molecule has 1 aromatic carbocycles. The van der Waals surface area contributed by atoms with Gasteiger partial charge in [0.05, 0.1) is 11.6 Å². The van der Waals surface area contributed by atoms with Crippen LogP contribution in [0.25, 0.3) is 11.4 Å². The first-order valence-corrected chi connectivity index (χ1v) is 10.2. The Morgan fingerprint density at radius 3 is 2.55 bits per heavy atom. The fourth-order valence-corrected chi connectivity index (χ4v) is 2.92. The van der Waals surface area contributed by atoms with Crippen molar-refractivity contribution in [1.29, 1.82) is 0 Å². The molecule has 0 fully saturated rings. The molecule has 3 aromatic rings. The van der Waals surface area contributed by atoms with Crippen LogP contribution in [-0.4, -0.2) is 54.5 Å². The van der Waals surface area contributed by atoms with Gasteiger partial charge < -0.3 is 25.6 Å². The summed E-state index contributed by atoms with van der Waals surface area (Å²) in [5, 5.41) is 31.9. The number of alkyl carbamates (subject to hydrolysis) is 1. The van der Waals surface area contributed by atoms with Crippen molar-refractivity contribution < 1.29 is 24.5 Å². The maximum absolute atomic E-state index is 12.8. The third-order valence-electron chi connectivity index (χ3n) is 4.40. The molecule has 2 aromatic heterocycles. The summed E-state index contributed by atoms with van der Waals surface area (Å²) in [5.74, 6) is -0.345. The standard InChI is InChI=1S/C22H26N6O5/c1-22(2,3)33-21(32)24-11-8-16(25-20(31)15-5-4-14(29)12-17(15)30)19-26-18(27-28-19)13-6-9-23-10-7-13/h4-7,9-10,12,16,29-30H,8,11H2,1-3H3,(H,24,32)(H,25,31)(H,26,27,28). The summed E-state index contributed by atoms with van der Waals surface area (Å²) in [5.41, 5.74) is 0.0748. The van der Waals surface area contributed by atoms with Crippen LogP contribution in [0.15, 0.2) is 42.7 Å². The van der Waals surface area contributed by atoms with Crippen LogP contribution in [-0.2, 0) is 4.74 Å². The van der Waals surface area contributed by atoms with Gasteiger partial charge in [0.25, 0.3) is 5.91 Å². The van der Waals surface area contributed by atoms with Gasteiger partial charge in [-0.25, -0.2) is 9.78 Å². The van der Waals surface area contributed by atoms with E-state index in [4.69, 9.17) is 4.74 Å². The van der Waals surface area contributed by atoms with Gasteiger partial charge >= 0.3 is 6.09 Å². The molecule has 0 aliphatic rings. The van der Waals surface area contributed by atoms with E-state index in [1.807, 2.05) is 0 Å². The van der Waals surface area contributed by atoms with Gasteiger partial charge in [-0.2, -0.15) is 5.10 Å². The molecule has 3 rings (SSSR count). The molecule has 1 unspecified atom stereocenters. The molecular weight excluding hydrogens is 428 g/mol. The minimum absolute atomic E-state index is 0.0215. The third-order valence-corrected chi connectivity index (χ3v) is 4.40. The van der Waals surface area contributed by atoms with E-state index in [2.05, 4.69) is 30.8 Å². The highest BCUT2D eigenvalue weighted by Gasteiger charge is 2.23. The van der Waals surface area contributed by atoms with E-state index in [9.17, 15) is 19.8 Å². The van der Waals surface area contributed by atoms with Gasteiger partial charge in [-0.15, -0.1) is 0 Å². The Hall–Kier alpha value is -4.15. The van der Waals surface area contributed by atoms with Crippen molar-refractivity contribution in [1.82, 2.24) is 30.8 Å². The van der Waals surface area contributed by atoms with Gasteiger partial charge in [-0.05, 0) is 51.5 Å². The van der Waals surface area contributed by atoms with E-state index in [1.54, 1.807) is 45.3 Å². The van der Waals surface area contributed by atoms with Crippen LogP contribution >= 0.6 is 0 Å². The number of amides is 2. The molecule has 0 spiro atoms. The number of nitrogens with one attached hydrogen (secondary N) is 3. The number of H-pyrrole nitrogens is 1. The molecule has 0 bridgehead atoms. The van der Waals surface area contributed by atoms with Gasteiger partial charge in [0.15, 0.2) is 5.82 Å². The molecule has 2 amide bonds. The predicted octanol–water partition coefficient (Wildman–Crippen LogP) is 2.66. The molecule has 0 aliphatic heterocycles. The second kappa shape index (κ2) is 9.98. The summed E-state index contributed by atoms with van der Waals surface area (Å²) < 4.78 is 5.23. The van der Waals surface area contributed by atoms with Gasteiger partial charge in [0.2, 0.25) is 0 Å². The Labute approximate surface area is 190 Å². The Bertz CT molecular complexity index is 1110. The Balaban J connectivity index is 1.76. The highest BCUT2D eigenvalue weighted by Crippen LogP contribution is 2.24. The normalized spacial score (nSPS) is 12.1. The number of phenols is 2. The highest BCUT2D eigenvalue weighted by molar-refractivity contribution is 5.97. The average molecular weight is 454 g/mol. The van der Waals surface area contributed by atoms with Gasteiger partial charge in [0, 0.05) is 30.6 Å². The van der Waals surface area contributed by atoms with Crippen molar-refractivity contribution >= 4 is 12.0 Å². The fraction of sp³-hybridized carbons (Fsp3) is 0.318. The lowest BCUT2D eigenvalue weighted by molar-refractivity contribution is 0.0526. The summed E-state index contributed by atoms with van der Waals surface area (Å²) in [7, 11) is 0. The zero-order chi connectivity index (χ0) is 24.0. The largest absolute Gasteiger partial charge is 0.508 e. The van der Waals surface area contributed by atoms with E-state index >= 15 is 0 Å². The maximum atomic E-state index is 12.8. The van der Waals surface area contributed by atoms with E-state index in [1.165, 1.54) is 12.1 Å². The molecule has 11 heteroatoms. The summed E-state index contributed by atoms with van der Waals surface area (Å²) in [6.45, 7) is 5.45. The number of carbonyl (C=O) groups excluding carboxylic acids is 2. The van der Waals surface area contributed by atoms with Crippen molar-refractivity contribution in [3.05, 3.63) is 54.1 Å². The van der Waals surface area contributed by atoms with Crippen molar-refractivity contribution in [2.45, 2.75) is 38.8 Å². The Morgan fingerprint density at radius 1 is 1.15 bits per heavy atom. The highest BCUT2D eigenvalue weighted by atomic mass is 16.6. The van der Waals surface area contributed by atoms with Crippen molar-refractivity contribution in [2.75, 3.05) is 6.54 Å². The summed E-state index contributed by atoms with van der Waals surface area (Å²) >= 11 is 0. The number of aromatic hydroxyl groups is 2. The number of carbonyl (C=O) groups is 2. The molecule has 2 heterocycles. The maximum Gasteiger partial charge on any atom is 0.407 e. The first-order chi connectivity index (χ1) is 15.6. The Morgan fingerprint density at radius 2 is 1.88 bits per heavy atom. The van der Waals surface area contributed by atoms with Gasteiger partial charge in [-0.3, -0.25) is 14.9 Å². The summed E-state index contributed by atoms with van der Waals surface area (Å²) in [6, 6.07) is 6.49. The van der Waals surface area contributed by atoms with Crippen LogP contribution in [0.1, 0.15) is 49.4 Å². The van der Waals surface area contributed by atoms with Crippen LogP contribution in [0.5, 0.6) is 11.5 Å². The number of aromatic nitrogens is 4. The van der Waals surface area contributed by atoms with Crippen molar-refractivity contribution in [2.24, 2.45) is 0 Å². The lowest BCUT2D eigenvalue weighted by Gasteiger charge is -2.21. The molecule has 5 N–H and O–H groups in total.